The van der Waals surface area contributed by atoms with Crippen LogP contribution in [0.2, 0.25) is 0 Å². The zero-order chi connectivity index (χ0) is 25.3. The number of hydrogen-bond donors (Lipinski definition) is 2. The zero-order valence-corrected chi connectivity index (χ0v) is 21.7. The van der Waals surface area contributed by atoms with E-state index in [1.807, 2.05) is 24.3 Å². The van der Waals surface area contributed by atoms with Crippen LogP contribution in [-0.4, -0.2) is 22.6 Å². The number of unbranched alkanes of at least 4 members (excludes halogenated alkanes) is 7. The minimum atomic E-state index is -0.0790. The number of benzene rings is 3. The van der Waals surface area contributed by atoms with E-state index in [1.54, 1.807) is 42.5 Å². The van der Waals surface area contributed by atoms with Crippen LogP contribution in [0.4, 0.5) is 0 Å². The fraction of sp³-hybridized carbons (Fsp3) is 0.323. The van der Waals surface area contributed by atoms with Crippen molar-refractivity contribution in [3.63, 3.8) is 0 Å². The highest BCUT2D eigenvalue weighted by Crippen LogP contribution is 2.41. The molecule has 36 heavy (non-hydrogen) atoms. The van der Waals surface area contributed by atoms with Gasteiger partial charge in [-0.05, 0) is 78.7 Å². The van der Waals surface area contributed by atoms with Gasteiger partial charge in [-0.15, -0.1) is 11.3 Å². The van der Waals surface area contributed by atoms with Gasteiger partial charge in [0.2, 0.25) is 0 Å². The zero-order valence-electron chi connectivity index (χ0n) is 20.8. The Morgan fingerprint density at radius 2 is 1.42 bits per heavy atom. The van der Waals surface area contributed by atoms with E-state index in [0.29, 0.717) is 17.7 Å². The Kier molecular flexibility index (Phi) is 9.01. The molecular formula is C31H34O4S. The second kappa shape index (κ2) is 12.6. The molecule has 1 aromatic heterocycles. The van der Waals surface area contributed by atoms with E-state index in [0.717, 1.165) is 32.7 Å². The van der Waals surface area contributed by atoms with Gasteiger partial charge >= 0.3 is 0 Å². The lowest BCUT2D eigenvalue weighted by Gasteiger charge is -2.08. The van der Waals surface area contributed by atoms with Crippen LogP contribution in [0.3, 0.4) is 0 Å². The molecule has 3 aromatic carbocycles. The van der Waals surface area contributed by atoms with E-state index in [-0.39, 0.29) is 17.3 Å². The average Bonchev–Trinajstić information content (AvgIpc) is 3.26. The number of rotatable bonds is 13. The predicted octanol–water partition coefficient (Wildman–Crippen LogP) is 8.73. The molecule has 0 bridgehead atoms. The maximum absolute atomic E-state index is 13.7. The molecule has 0 atom stereocenters. The summed E-state index contributed by atoms with van der Waals surface area (Å²) in [4.78, 5) is 14.5. The number of phenolic OH excluding ortho intramolecular Hbond substituents is 2. The van der Waals surface area contributed by atoms with Gasteiger partial charge in [-0.25, -0.2) is 0 Å². The van der Waals surface area contributed by atoms with Crippen molar-refractivity contribution in [2.24, 2.45) is 0 Å². The first-order valence-corrected chi connectivity index (χ1v) is 13.7. The van der Waals surface area contributed by atoms with Crippen molar-refractivity contribution >= 4 is 27.2 Å². The van der Waals surface area contributed by atoms with Gasteiger partial charge in [0.25, 0.3) is 0 Å². The highest BCUT2D eigenvalue weighted by molar-refractivity contribution is 7.22. The summed E-state index contributed by atoms with van der Waals surface area (Å²) in [7, 11) is 0. The number of hydrogen-bond acceptors (Lipinski definition) is 5. The van der Waals surface area contributed by atoms with Crippen molar-refractivity contribution in [1.82, 2.24) is 0 Å². The fourth-order valence-electron chi connectivity index (χ4n) is 4.40. The van der Waals surface area contributed by atoms with Crippen molar-refractivity contribution in [2.75, 3.05) is 6.61 Å². The lowest BCUT2D eigenvalue weighted by atomic mass is 9.97. The number of phenols is 2. The Hall–Kier alpha value is -3.31. The van der Waals surface area contributed by atoms with Gasteiger partial charge in [0.05, 0.1) is 6.61 Å². The highest BCUT2D eigenvalue weighted by atomic mass is 32.1. The Morgan fingerprint density at radius 1 is 0.778 bits per heavy atom. The molecule has 0 aliphatic carbocycles. The Labute approximate surface area is 217 Å². The summed E-state index contributed by atoms with van der Waals surface area (Å²) in [5.74, 6) is 1.03. The minimum Gasteiger partial charge on any atom is -0.508 e. The summed E-state index contributed by atoms with van der Waals surface area (Å²) in [5.41, 5.74) is 2.04. The summed E-state index contributed by atoms with van der Waals surface area (Å²) in [6.07, 6.45) is 10.1. The third-order valence-corrected chi connectivity index (χ3v) is 7.61. The molecule has 4 rings (SSSR count). The van der Waals surface area contributed by atoms with Crippen LogP contribution in [0.5, 0.6) is 17.2 Å². The molecule has 0 aliphatic heterocycles. The molecule has 0 spiro atoms. The molecule has 0 fully saturated rings. The lowest BCUT2D eigenvalue weighted by molar-refractivity contribution is 0.104. The second-order valence-corrected chi connectivity index (χ2v) is 10.3. The highest BCUT2D eigenvalue weighted by Gasteiger charge is 2.22. The summed E-state index contributed by atoms with van der Waals surface area (Å²) < 4.78 is 6.74. The number of carbonyl (C=O) groups excluding carboxylic acids is 1. The maximum atomic E-state index is 13.7. The van der Waals surface area contributed by atoms with Crippen LogP contribution >= 0.6 is 11.3 Å². The molecule has 0 saturated heterocycles. The molecular weight excluding hydrogens is 468 g/mol. The van der Waals surface area contributed by atoms with E-state index in [9.17, 15) is 15.0 Å². The Morgan fingerprint density at radius 3 is 2.11 bits per heavy atom. The topological polar surface area (TPSA) is 66.8 Å². The number of fused-ring (bicyclic) bond motifs is 1. The van der Waals surface area contributed by atoms with Gasteiger partial charge in [0.1, 0.15) is 17.2 Å². The van der Waals surface area contributed by atoms with Crippen molar-refractivity contribution in [2.45, 2.75) is 58.3 Å². The Balaban J connectivity index is 1.43. The van der Waals surface area contributed by atoms with E-state index < -0.39 is 0 Å². The Bertz CT molecular complexity index is 1270. The molecule has 188 valence electrons. The quantitative estimate of drug-likeness (QED) is 0.142. The van der Waals surface area contributed by atoms with Crippen molar-refractivity contribution in [3.8, 4) is 27.7 Å². The molecule has 1 heterocycles. The second-order valence-electron chi connectivity index (χ2n) is 9.21. The van der Waals surface area contributed by atoms with Crippen LogP contribution in [0.25, 0.3) is 20.5 Å². The summed E-state index contributed by atoms with van der Waals surface area (Å²) in [6, 6.07) is 19.3. The van der Waals surface area contributed by atoms with Crippen LogP contribution < -0.4 is 4.74 Å². The van der Waals surface area contributed by atoms with Gasteiger partial charge < -0.3 is 14.9 Å². The number of ether oxygens (including phenoxy) is 1. The fourth-order valence-corrected chi connectivity index (χ4v) is 5.64. The monoisotopic (exact) mass is 502 g/mol. The van der Waals surface area contributed by atoms with E-state index >= 15 is 0 Å². The molecule has 4 aromatic rings. The first-order valence-electron chi connectivity index (χ1n) is 12.9. The molecule has 2 N–H and O–H groups in total. The van der Waals surface area contributed by atoms with Crippen molar-refractivity contribution < 1.29 is 19.7 Å². The summed E-state index contributed by atoms with van der Waals surface area (Å²) in [6.45, 7) is 2.93. The first-order chi connectivity index (χ1) is 17.6. The van der Waals surface area contributed by atoms with Gasteiger partial charge in [-0.2, -0.15) is 0 Å². The lowest BCUT2D eigenvalue weighted by Crippen LogP contribution is -2.03. The predicted molar refractivity (Wildman–Crippen MR) is 149 cm³/mol. The normalized spacial score (nSPS) is 11.1. The van der Waals surface area contributed by atoms with Crippen LogP contribution in [0.15, 0.2) is 66.7 Å². The van der Waals surface area contributed by atoms with Crippen LogP contribution in [-0.2, 0) is 0 Å². The molecule has 4 nitrogen and oxygen atoms in total. The summed E-state index contributed by atoms with van der Waals surface area (Å²) >= 11 is 1.46. The number of ketones is 1. The molecule has 0 unspecified atom stereocenters. The molecule has 0 amide bonds. The number of thiophene rings is 1. The number of carbonyl (C=O) groups is 1. The molecule has 0 aliphatic rings. The van der Waals surface area contributed by atoms with Gasteiger partial charge in [-0.1, -0.05) is 51.9 Å². The first kappa shape index (κ1) is 25.8. The van der Waals surface area contributed by atoms with Crippen molar-refractivity contribution in [3.05, 3.63) is 77.9 Å². The minimum absolute atomic E-state index is 0.0790. The molecule has 5 heteroatoms. The smallest absolute Gasteiger partial charge is 0.195 e. The van der Waals surface area contributed by atoms with Crippen LogP contribution in [0.1, 0.15) is 74.2 Å². The van der Waals surface area contributed by atoms with Gasteiger partial charge in [0.15, 0.2) is 5.78 Å². The van der Waals surface area contributed by atoms with Gasteiger partial charge in [-0.3, -0.25) is 4.79 Å². The maximum Gasteiger partial charge on any atom is 0.195 e. The van der Waals surface area contributed by atoms with E-state index in [4.69, 9.17) is 4.74 Å². The average molecular weight is 503 g/mol. The largest absolute Gasteiger partial charge is 0.508 e. The van der Waals surface area contributed by atoms with E-state index in [2.05, 4.69) is 6.92 Å². The standard InChI is InChI=1S/C31H34O4S/c1-2-3-4-5-6-7-8-9-20-35-26-17-12-22(13-18-26)30(34)29-27-19-16-25(33)21-28(27)36-31(29)23-10-14-24(32)15-11-23/h10-19,21,32-33H,2-9,20H2,1H3. The summed E-state index contributed by atoms with van der Waals surface area (Å²) in [5, 5.41) is 20.5. The molecule has 0 radical (unpaired) electrons. The SMILES string of the molecule is CCCCCCCCCCOc1ccc(C(=O)c2c(-c3ccc(O)cc3)sc3cc(O)ccc23)cc1. The van der Waals surface area contributed by atoms with Gasteiger partial charge in [0, 0.05) is 26.1 Å². The number of aromatic hydroxyl groups is 2. The molecule has 0 saturated carbocycles. The van der Waals surface area contributed by atoms with Crippen LogP contribution in [0, 0.1) is 0 Å². The van der Waals surface area contributed by atoms with E-state index in [1.165, 1.54) is 56.3 Å². The third-order valence-electron chi connectivity index (χ3n) is 6.41. The third kappa shape index (κ3) is 6.46. The van der Waals surface area contributed by atoms with Crippen molar-refractivity contribution in [1.29, 1.82) is 0 Å².